The molecule has 0 atom stereocenters. The van der Waals surface area contributed by atoms with Crippen molar-refractivity contribution in [2.45, 2.75) is 6.54 Å². The summed E-state index contributed by atoms with van der Waals surface area (Å²) in [6, 6.07) is 15.9. The third-order valence-corrected chi connectivity index (χ3v) is 2.02. The normalized spacial score (nSPS) is 10.7. The number of aromatic nitrogens is 1. The predicted octanol–water partition coefficient (Wildman–Crippen LogP) is 2.70. The van der Waals surface area contributed by atoms with Gasteiger partial charge in [-0.1, -0.05) is 36.4 Å². The molecule has 0 fully saturated rings. The Hall–Kier alpha value is -1.96. The third kappa shape index (κ3) is 3.02. The number of hydrogen-bond donors (Lipinski definition) is 0. The van der Waals surface area contributed by atoms with Crippen LogP contribution in [0.3, 0.4) is 0 Å². The maximum atomic E-state index is 4.32. The first-order valence-corrected chi connectivity index (χ1v) is 4.90. The second-order valence-electron chi connectivity index (χ2n) is 3.20. The summed E-state index contributed by atoms with van der Waals surface area (Å²) in [5.74, 6) is 0. The Morgan fingerprint density at radius 2 is 1.80 bits per heavy atom. The van der Waals surface area contributed by atoms with E-state index >= 15 is 0 Å². The van der Waals surface area contributed by atoms with Crippen LogP contribution in [0, 0.1) is 0 Å². The SMILES string of the molecule is C(=N\Cc1ccccn1)/c1ccccc1. The van der Waals surface area contributed by atoms with Crippen molar-refractivity contribution in [3.8, 4) is 0 Å². The Morgan fingerprint density at radius 3 is 2.53 bits per heavy atom. The fourth-order valence-electron chi connectivity index (χ4n) is 1.28. The summed E-state index contributed by atoms with van der Waals surface area (Å²) >= 11 is 0. The molecule has 74 valence electrons. The van der Waals surface area contributed by atoms with Crippen LogP contribution >= 0.6 is 0 Å². The first kappa shape index (κ1) is 9.59. The van der Waals surface area contributed by atoms with Gasteiger partial charge in [0.15, 0.2) is 0 Å². The number of nitrogens with zero attached hydrogens (tertiary/aromatic N) is 2. The van der Waals surface area contributed by atoms with Crippen molar-refractivity contribution in [1.29, 1.82) is 0 Å². The number of rotatable bonds is 3. The molecule has 0 radical (unpaired) electrons. The minimum absolute atomic E-state index is 0.635. The summed E-state index contributed by atoms with van der Waals surface area (Å²) in [6.45, 7) is 0.635. The zero-order chi connectivity index (χ0) is 10.3. The summed E-state index contributed by atoms with van der Waals surface area (Å²) in [5.41, 5.74) is 2.11. The van der Waals surface area contributed by atoms with Crippen molar-refractivity contribution in [3.05, 3.63) is 66.0 Å². The molecule has 2 heteroatoms. The van der Waals surface area contributed by atoms with E-state index < -0.39 is 0 Å². The highest BCUT2D eigenvalue weighted by Crippen LogP contribution is 1.97. The van der Waals surface area contributed by atoms with Gasteiger partial charge < -0.3 is 0 Å². The van der Waals surface area contributed by atoms with E-state index in [1.165, 1.54) is 0 Å². The third-order valence-electron chi connectivity index (χ3n) is 2.02. The predicted molar refractivity (Wildman–Crippen MR) is 62.0 cm³/mol. The van der Waals surface area contributed by atoms with Gasteiger partial charge in [-0.05, 0) is 17.7 Å². The van der Waals surface area contributed by atoms with Crippen molar-refractivity contribution in [2.24, 2.45) is 4.99 Å². The molecule has 0 aliphatic heterocycles. The van der Waals surface area contributed by atoms with Gasteiger partial charge in [0.25, 0.3) is 0 Å². The van der Waals surface area contributed by atoms with Gasteiger partial charge in [-0.2, -0.15) is 0 Å². The maximum Gasteiger partial charge on any atom is 0.0811 e. The van der Waals surface area contributed by atoms with Crippen molar-refractivity contribution in [1.82, 2.24) is 4.98 Å². The fourth-order valence-corrected chi connectivity index (χ4v) is 1.28. The van der Waals surface area contributed by atoms with E-state index in [0.717, 1.165) is 11.3 Å². The summed E-state index contributed by atoms with van der Waals surface area (Å²) in [7, 11) is 0. The fraction of sp³-hybridized carbons (Fsp3) is 0.0769. The van der Waals surface area contributed by atoms with Crippen LogP contribution in [-0.2, 0) is 6.54 Å². The lowest BCUT2D eigenvalue weighted by molar-refractivity contribution is 0.995. The molecule has 0 saturated heterocycles. The number of pyridine rings is 1. The molecule has 0 N–H and O–H groups in total. The monoisotopic (exact) mass is 196 g/mol. The molecule has 0 spiro atoms. The minimum Gasteiger partial charge on any atom is -0.286 e. The summed E-state index contributed by atoms with van der Waals surface area (Å²) in [4.78, 5) is 8.52. The molecule has 2 aromatic rings. The van der Waals surface area contributed by atoms with Crippen LogP contribution in [0.1, 0.15) is 11.3 Å². The van der Waals surface area contributed by atoms with Gasteiger partial charge in [-0.15, -0.1) is 0 Å². The van der Waals surface area contributed by atoms with Gasteiger partial charge in [-0.3, -0.25) is 9.98 Å². The van der Waals surface area contributed by atoms with Crippen LogP contribution in [0.25, 0.3) is 0 Å². The summed E-state index contributed by atoms with van der Waals surface area (Å²) in [6.07, 6.45) is 3.65. The number of hydrogen-bond acceptors (Lipinski definition) is 2. The molecule has 0 amide bonds. The molecule has 2 nitrogen and oxygen atoms in total. The second kappa shape index (κ2) is 5.05. The Bertz CT molecular complexity index is 421. The highest BCUT2D eigenvalue weighted by Gasteiger charge is 1.88. The lowest BCUT2D eigenvalue weighted by atomic mass is 10.2. The second-order valence-corrected chi connectivity index (χ2v) is 3.20. The topological polar surface area (TPSA) is 25.2 Å². The van der Waals surface area contributed by atoms with E-state index in [1.54, 1.807) is 6.20 Å². The molecule has 0 saturated carbocycles. The molecule has 1 aromatic heterocycles. The standard InChI is InChI=1S/C13H12N2/c1-2-6-12(7-3-1)10-14-11-13-8-4-5-9-15-13/h1-10H,11H2/b14-10+. The number of aliphatic imine (C=N–C) groups is 1. The Morgan fingerprint density at radius 1 is 1.00 bits per heavy atom. The molecular formula is C13H12N2. The van der Waals surface area contributed by atoms with Crippen molar-refractivity contribution < 1.29 is 0 Å². The largest absolute Gasteiger partial charge is 0.286 e. The van der Waals surface area contributed by atoms with Gasteiger partial charge in [0.05, 0.1) is 12.2 Å². The molecule has 0 unspecified atom stereocenters. The van der Waals surface area contributed by atoms with E-state index in [1.807, 2.05) is 54.7 Å². The first-order chi connectivity index (χ1) is 7.45. The molecule has 0 aliphatic rings. The van der Waals surface area contributed by atoms with E-state index in [0.29, 0.717) is 6.54 Å². The highest BCUT2D eigenvalue weighted by atomic mass is 14.8. The molecular weight excluding hydrogens is 184 g/mol. The molecule has 2 rings (SSSR count). The molecule has 0 aliphatic carbocycles. The van der Waals surface area contributed by atoms with Crippen molar-refractivity contribution in [3.63, 3.8) is 0 Å². The van der Waals surface area contributed by atoms with Gasteiger partial charge in [0.1, 0.15) is 0 Å². The van der Waals surface area contributed by atoms with Crippen molar-refractivity contribution in [2.75, 3.05) is 0 Å². The molecule has 1 aromatic carbocycles. The number of benzene rings is 1. The molecule has 15 heavy (non-hydrogen) atoms. The zero-order valence-corrected chi connectivity index (χ0v) is 8.38. The van der Waals surface area contributed by atoms with E-state index in [2.05, 4.69) is 9.98 Å². The van der Waals surface area contributed by atoms with Gasteiger partial charge in [-0.25, -0.2) is 0 Å². The maximum absolute atomic E-state index is 4.32. The van der Waals surface area contributed by atoms with E-state index in [-0.39, 0.29) is 0 Å². The van der Waals surface area contributed by atoms with Crippen LogP contribution in [0.4, 0.5) is 0 Å². The Balaban J connectivity index is 1.97. The summed E-state index contributed by atoms with van der Waals surface area (Å²) in [5, 5.41) is 0. The Kier molecular flexibility index (Phi) is 3.23. The van der Waals surface area contributed by atoms with Crippen LogP contribution in [-0.4, -0.2) is 11.2 Å². The minimum atomic E-state index is 0.635. The first-order valence-electron chi connectivity index (χ1n) is 4.90. The zero-order valence-electron chi connectivity index (χ0n) is 8.38. The van der Waals surface area contributed by atoms with E-state index in [9.17, 15) is 0 Å². The lowest BCUT2D eigenvalue weighted by Crippen LogP contribution is -1.86. The van der Waals surface area contributed by atoms with Gasteiger partial charge in [0.2, 0.25) is 0 Å². The van der Waals surface area contributed by atoms with Crippen LogP contribution in [0.5, 0.6) is 0 Å². The lowest BCUT2D eigenvalue weighted by Gasteiger charge is -1.94. The van der Waals surface area contributed by atoms with Gasteiger partial charge in [0, 0.05) is 12.4 Å². The average Bonchev–Trinajstić information content (AvgIpc) is 2.32. The quantitative estimate of drug-likeness (QED) is 0.693. The highest BCUT2D eigenvalue weighted by molar-refractivity contribution is 5.79. The van der Waals surface area contributed by atoms with Crippen LogP contribution < -0.4 is 0 Å². The average molecular weight is 196 g/mol. The van der Waals surface area contributed by atoms with Gasteiger partial charge >= 0.3 is 0 Å². The molecule has 1 heterocycles. The smallest absolute Gasteiger partial charge is 0.0811 e. The molecule has 0 bridgehead atoms. The Labute approximate surface area is 89.3 Å². The van der Waals surface area contributed by atoms with Crippen LogP contribution in [0.2, 0.25) is 0 Å². The van der Waals surface area contributed by atoms with Crippen LogP contribution in [0.15, 0.2) is 59.7 Å². The van der Waals surface area contributed by atoms with Crippen molar-refractivity contribution >= 4 is 6.21 Å². The van der Waals surface area contributed by atoms with E-state index in [4.69, 9.17) is 0 Å². The summed E-state index contributed by atoms with van der Waals surface area (Å²) < 4.78 is 0.